The summed E-state index contributed by atoms with van der Waals surface area (Å²) in [4.78, 5) is 51.4. The first-order valence-corrected chi connectivity index (χ1v) is 16.6. The number of rotatable bonds is 8. The number of nitrogens with zero attached hydrogens (tertiary/aromatic N) is 5. The van der Waals surface area contributed by atoms with E-state index in [2.05, 4.69) is 27.9 Å². The predicted molar refractivity (Wildman–Crippen MR) is 187 cm³/mol. The zero-order valence-corrected chi connectivity index (χ0v) is 28.9. The van der Waals surface area contributed by atoms with Gasteiger partial charge in [-0.25, -0.2) is 13.8 Å². The summed E-state index contributed by atoms with van der Waals surface area (Å²) in [5, 5.41) is 10.0. The number of ether oxygens (including phenoxy) is 1. The Kier molecular flexibility index (Phi) is 11.1. The molecule has 4 aromatic rings. The molecule has 0 bridgehead atoms. The molecule has 2 amide bonds. The minimum atomic E-state index is -1.16. The van der Waals surface area contributed by atoms with Gasteiger partial charge in [-0.05, 0) is 68.5 Å². The topological polar surface area (TPSA) is 132 Å². The van der Waals surface area contributed by atoms with Crippen LogP contribution >= 0.6 is 0 Å². The molecule has 50 heavy (non-hydrogen) atoms. The average molecular weight is 689 g/mol. The molecule has 0 saturated carbocycles. The van der Waals surface area contributed by atoms with E-state index in [1.54, 1.807) is 4.90 Å². The van der Waals surface area contributed by atoms with Crippen LogP contribution in [0.1, 0.15) is 42.8 Å². The summed E-state index contributed by atoms with van der Waals surface area (Å²) in [6.45, 7) is 10.5. The number of carbonyl (C=O) groups is 3. The van der Waals surface area contributed by atoms with Crippen LogP contribution in [0.2, 0.25) is 0 Å². The molecular weight excluding hydrogens is 646 g/mol. The van der Waals surface area contributed by atoms with Crippen LogP contribution in [0.4, 0.5) is 14.6 Å². The number of anilines is 1. The fraction of sp³-hybridized carbons (Fsp3) is 0.378. The van der Waals surface area contributed by atoms with Gasteiger partial charge in [0.25, 0.3) is 0 Å². The summed E-state index contributed by atoms with van der Waals surface area (Å²) in [6, 6.07) is 7.15. The molecule has 1 fully saturated rings. The van der Waals surface area contributed by atoms with Gasteiger partial charge in [-0.15, -0.1) is 0 Å². The van der Waals surface area contributed by atoms with Crippen LogP contribution in [-0.4, -0.2) is 94.5 Å². The number of aliphatic carboxylic acids is 1. The maximum Gasteiger partial charge on any atom is 0.315 e. The van der Waals surface area contributed by atoms with E-state index in [1.165, 1.54) is 31.2 Å². The molecule has 3 aromatic heterocycles. The molecule has 264 valence electrons. The molecule has 13 heteroatoms. The van der Waals surface area contributed by atoms with Crippen LogP contribution < -0.4 is 9.64 Å². The van der Waals surface area contributed by atoms with E-state index in [4.69, 9.17) is 4.74 Å². The number of H-pyrrole nitrogens is 1. The predicted octanol–water partition coefficient (Wildman–Crippen LogP) is 5.39. The molecule has 11 nitrogen and oxygen atoms in total. The van der Waals surface area contributed by atoms with E-state index in [1.807, 2.05) is 43.2 Å². The highest BCUT2D eigenvalue weighted by Gasteiger charge is 2.29. The lowest BCUT2D eigenvalue weighted by Gasteiger charge is -2.33. The van der Waals surface area contributed by atoms with Crippen molar-refractivity contribution in [1.29, 1.82) is 0 Å². The minimum absolute atomic E-state index is 0.171. The Morgan fingerprint density at radius 1 is 1.02 bits per heavy atom. The molecule has 2 aliphatic rings. The number of aromatic nitrogens is 3. The van der Waals surface area contributed by atoms with Crippen molar-refractivity contribution in [3.05, 3.63) is 76.9 Å². The SMILES string of the molecule is CCc1cc(C)ncc1-c1cc(C2=CCCN(C(=O)C(C)C(=O)O)C2)c(F)c2[nH]c(C)cc12.COc1cc(F)cnc1N1CCN(C=O)CC1. The monoisotopic (exact) mass is 688 g/mol. The Bertz CT molecular complexity index is 1940. The second-order valence-corrected chi connectivity index (χ2v) is 12.5. The third kappa shape index (κ3) is 7.61. The van der Waals surface area contributed by atoms with Crippen molar-refractivity contribution in [1.82, 2.24) is 24.8 Å². The van der Waals surface area contributed by atoms with Crippen molar-refractivity contribution in [2.24, 2.45) is 5.92 Å². The molecule has 2 N–H and O–H groups in total. The van der Waals surface area contributed by atoms with Crippen molar-refractivity contribution in [2.75, 3.05) is 51.3 Å². The molecule has 0 spiro atoms. The number of carbonyl (C=O) groups excluding carboxylic acids is 2. The minimum Gasteiger partial charge on any atom is -0.493 e. The van der Waals surface area contributed by atoms with Crippen molar-refractivity contribution >= 4 is 40.6 Å². The van der Waals surface area contributed by atoms with E-state index >= 15 is 4.39 Å². The number of aromatic amines is 1. The van der Waals surface area contributed by atoms with E-state index in [0.717, 1.165) is 46.3 Å². The Balaban J connectivity index is 0.000000240. The molecule has 5 heterocycles. The summed E-state index contributed by atoms with van der Waals surface area (Å²) in [6.07, 6.45) is 7.14. The van der Waals surface area contributed by atoms with Crippen LogP contribution in [-0.2, 0) is 20.8 Å². The van der Waals surface area contributed by atoms with Gasteiger partial charge in [0.15, 0.2) is 17.4 Å². The largest absolute Gasteiger partial charge is 0.493 e. The molecule has 0 aliphatic carbocycles. The van der Waals surface area contributed by atoms with Crippen LogP contribution in [0.5, 0.6) is 5.75 Å². The maximum absolute atomic E-state index is 15.7. The third-order valence-electron chi connectivity index (χ3n) is 9.12. The summed E-state index contributed by atoms with van der Waals surface area (Å²) in [7, 11) is 1.49. The summed E-state index contributed by atoms with van der Waals surface area (Å²) in [5.41, 5.74) is 6.27. The second-order valence-electron chi connectivity index (χ2n) is 12.5. The lowest BCUT2D eigenvalue weighted by Crippen LogP contribution is -2.46. The summed E-state index contributed by atoms with van der Waals surface area (Å²) in [5.74, 6) is -2.50. The number of carboxylic acids is 1. The van der Waals surface area contributed by atoms with Gasteiger partial charge in [0.2, 0.25) is 12.3 Å². The average Bonchev–Trinajstić information content (AvgIpc) is 3.53. The van der Waals surface area contributed by atoms with E-state index < -0.39 is 23.6 Å². The first-order chi connectivity index (χ1) is 23.9. The quantitative estimate of drug-likeness (QED) is 0.186. The molecule has 1 atom stereocenters. The number of piperazine rings is 1. The number of hydrogen-bond acceptors (Lipinski definition) is 7. The number of halogens is 2. The highest BCUT2D eigenvalue weighted by Crippen LogP contribution is 2.38. The Morgan fingerprint density at radius 3 is 2.42 bits per heavy atom. The third-order valence-corrected chi connectivity index (χ3v) is 9.12. The fourth-order valence-corrected chi connectivity index (χ4v) is 6.35. The Labute approximate surface area is 289 Å². The first kappa shape index (κ1) is 36.0. The summed E-state index contributed by atoms with van der Waals surface area (Å²) < 4.78 is 33.8. The number of pyridine rings is 2. The maximum atomic E-state index is 15.7. The number of hydrogen-bond donors (Lipinski definition) is 2. The number of methoxy groups -OCH3 is 1. The van der Waals surface area contributed by atoms with E-state index in [9.17, 15) is 23.9 Å². The number of nitrogens with one attached hydrogen (secondary N) is 1. The number of fused-ring (bicyclic) bond motifs is 1. The lowest BCUT2D eigenvalue weighted by atomic mass is 9.91. The standard InChI is InChI=1S/C26H28FN3O3.C11H14FN3O2/c1-5-17-9-14(2)28-12-22(17)20-11-19(23(27)24-21(20)10-15(3)29-24)18-7-6-8-30(13-18)25(31)16(4)26(32)33;1-17-10-6-9(12)7-13-11(10)15-4-2-14(8-16)3-5-15/h7,9-12,16,29H,5-6,8,13H2,1-4H3,(H,32,33);6-8H,2-5H2,1H3. The smallest absolute Gasteiger partial charge is 0.315 e. The van der Waals surface area contributed by atoms with Gasteiger partial charge in [0.05, 0.1) is 18.8 Å². The molecule has 0 radical (unpaired) electrons. The van der Waals surface area contributed by atoms with Crippen molar-refractivity contribution in [3.8, 4) is 16.9 Å². The molecule has 1 saturated heterocycles. The van der Waals surface area contributed by atoms with Crippen LogP contribution in [0, 0.1) is 31.4 Å². The molecule has 6 rings (SSSR count). The van der Waals surface area contributed by atoms with Crippen molar-refractivity contribution in [3.63, 3.8) is 0 Å². The number of aryl methyl sites for hydroxylation is 3. The van der Waals surface area contributed by atoms with Gasteiger partial charge in [0.1, 0.15) is 11.7 Å². The summed E-state index contributed by atoms with van der Waals surface area (Å²) >= 11 is 0. The second kappa shape index (κ2) is 15.5. The van der Waals surface area contributed by atoms with Gasteiger partial charge in [-0.1, -0.05) is 13.0 Å². The van der Waals surface area contributed by atoms with Gasteiger partial charge in [-0.2, -0.15) is 0 Å². The van der Waals surface area contributed by atoms with Gasteiger partial charge < -0.3 is 29.5 Å². The number of benzene rings is 1. The zero-order chi connectivity index (χ0) is 36.1. The van der Waals surface area contributed by atoms with Gasteiger partial charge in [0, 0.05) is 79.4 Å². The highest BCUT2D eigenvalue weighted by molar-refractivity contribution is 6.00. The lowest BCUT2D eigenvalue weighted by molar-refractivity contribution is -0.150. The molecule has 1 aromatic carbocycles. The van der Waals surface area contributed by atoms with Crippen molar-refractivity contribution in [2.45, 2.75) is 40.5 Å². The van der Waals surface area contributed by atoms with Crippen LogP contribution in [0.25, 0.3) is 27.6 Å². The van der Waals surface area contributed by atoms with E-state index in [0.29, 0.717) is 67.4 Å². The normalized spacial score (nSPS) is 15.3. The zero-order valence-electron chi connectivity index (χ0n) is 28.9. The molecule has 2 aliphatic heterocycles. The van der Waals surface area contributed by atoms with Crippen molar-refractivity contribution < 1.29 is 33.0 Å². The fourth-order valence-electron chi connectivity index (χ4n) is 6.35. The highest BCUT2D eigenvalue weighted by atomic mass is 19.1. The number of carboxylic acid groups (broad SMARTS) is 1. The van der Waals surface area contributed by atoms with Gasteiger partial charge in [-0.3, -0.25) is 19.4 Å². The molecule has 1 unspecified atom stereocenters. The Morgan fingerprint density at radius 2 is 1.76 bits per heavy atom. The van der Waals surface area contributed by atoms with E-state index in [-0.39, 0.29) is 12.4 Å². The first-order valence-electron chi connectivity index (χ1n) is 16.6. The Hall–Kier alpha value is -5.33. The van der Waals surface area contributed by atoms with Crippen LogP contribution in [0.3, 0.4) is 0 Å². The molecular formula is C37H42F2N6O5. The van der Waals surface area contributed by atoms with Gasteiger partial charge >= 0.3 is 5.97 Å². The van der Waals surface area contributed by atoms with Crippen LogP contribution in [0.15, 0.2) is 42.7 Å². The number of amides is 2.